The van der Waals surface area contributed by atoms with Crippen molar-refractivity contribution in [2.24, 2.45) is 0 Å². The molecule has 134 valence electrons. The Hall–Kier alpha value is -2.70. The highest BCUT2D eigenvalue weighted by Crippen LogP contribution is 2.22. The van der Waals surface area contributed by atoms with E-state index in [0.29, 0.717) is 18.6 Å². The van der Waals surface area contributed by atoms with E-state index in [1.807, 2.05) is 0 Å². The molecule has 1 saturated heterocycles. The third kappa shape index (κ3) is 3.92. The number of benzene rings is 2. The van der Waals surface area contributed by atoms with Crippen LogP contribution in [0.2, 0.25) is 5.02 Å². The predicted molar refractivity (Wildman–Crippen MR) is 96.1 cm³/mol. The molecular formula is C19H16ClNO5. The molecule has 1 fully saturated rings. The van der Waals surface area contributed by atoms with Crippen LogP contribution in [-0.4, -0.2) is 35.5 Å². The quantitative estimate of drug-likeness (QED) is 0.780. The van der Waals surface area contributed by atoms with Crippen LogP contribution in [0.1, 0.15) is 43.9 Å². The number of ketones is 1. The van der Waals surface area contributed by atoms with Crippen LogP contribution in [0.3, 0.4) is 0 Å². The second-order valence-electron chi connectivity index (χ2n) is 5.90. The van der Waals surface area contributed by atoms with Gasteiger partial charge in [-0.3, -0.25) is 9.59 Å². The van der Waals surface area contributed by atoms with Gasteiger partial charge in [-0.1, -0.05) is 23.7 Å². The minimum Gasteiger partial charge on any atom is -0.478 e. The summed E-state index contributed by atoms with van der Waals surface area (Å²) in [6.07, 6.45) is 1.04. The van der Waals surface area contributed by atoms with Gasteiger partial charge in [0.05, 0.1) is 11.3 Å². The van der Waals surface area contributed by atoms with Gasteiger partial charge < -0.3 is 15.2 Å². The average molecular weight is 374 g/mol. The number of amides is 1. The molecule has 7 heteroatoms. The largest absolute Gasteiger partial charge is 0.478 e. The molecule has 0 aliphatic carbocycles. The van der Waals surface area contributed by atoms with Crippen LogP contribution in [0.25, 0.3) is 0 Å². The van der Waals surface area contributed by atoms with Gasteiger partial charge >= 0.3 is 5.97 Å². The topological polar surface area (TPSA) is 92.7 Å². The lowest BCUT2D eigenvalue weighted by Gasteiger charge is -2.11. The van der Waals surface area contributed by atoms with E-state index in [-0.39, 0.29) is 27.6 Å². The molecule has 2 N–H and O–H groups in total. The average Bonchev–Trinajstić information content (AvgIpc) is 3.17. The zero-order valence-electron chi connectivity index (χ0n) is 13.7. The third-order valence-corrected chi connectivity index (χ3v) is 4.33. The molecule has 3 rings (SSSR count). The fourth-order valence-electron chi connectivity index (χ4n) is 2.78. The Morgan fingerprint density at radius 2 is 1.88 bits per heavy atom. The second-order valence-corrected chi connectivity index (χ2v) is 6.33. The normalized spacial score (nSPS) is 16.3. The summed E-state index contributed by atoms with van der Waals surface area (Å²) in [5.41, 5.74) is 0.652. The smallest absolute Gasteiger partial charge is 0.337 e. The van der Waals surface area contributed by atoms with E-state index in [0.717, 1.165) is 6.42 Å². The minimum absolute atomic E-state index is 0.113. The van der Waals surface area contributed by atoms with Crippen LogP contribution in [0.5, 0.6) is 0 Å². The Morgan fingerprint density at radius 1 is 1.12 bits per heavy atom. The van der Waals surface area contributed by atoms with Crippen molar-refractivity contribution in [3.05, 3.63) is 64.2 Å². The van der Waals surface area contributed by atoms with Crippen molar-refractivity contribution in [3.63, 3.8) is 0 Å². The Balaban J connectivity index is 1.82. The highest BCUT2D eigenvalue weighted by molar-refractivity contribution is 6.31. The van der Waals surface area contributed by atoms with Gasteiger partial charge in [-0.05, 0) is 43.2 Å². The molecule has 0 aromatic heterocycles. The van der Waals surface area contributed by atoms with Crippen molar-refractivity contribution in [2.75, 3.05) is 11.9 Å². The first kappa shape index (κ1) is 18.1. The third-order valence-electron chi connectivity index (χ3n) is 4.09. The minimum atomic E-state index is -1.20. The lowest BCUT2D eigenvalue weighted by Crippen LogP contribution is -2.20. The lowest BCUT2D eigenvalue weighted by molar-refractivity contribution is 0.0642. The van der Waals surface area contributed by atoms with Gasteiger partial charge in [0.1, 0.15) is 6.10 Å². The van der Waals surface area contributed by atoms with Crippen LogP contribution < -0.4 is 5.32 Å². The molecule has 1 unspecified atom stereocenters. The van der Waals surface area contributed by atoms with E-state index in [2.05, 4.69) is 5.32 Å². The molecule has 1 heterocycles. The number of carbonyl (C=O) groups excluding carboxylic acids is 2. The summed E-state index contributed by atoms with van der Waals surface area (Å²) in [5, 5.41) is 12.0. The molecule has 1 amide bonds. The van der Waals surface area contributed by atoms with Crippen molar-refractivity contribution >= 4 is 34.9 Å². The van der Waals surface area contributed by atoms with Crippen molar-refractivity contribution in [2.45, 2.75) is 18.9 Å². The maximum absolute atomic E-state index is 12.5. The van der Waals surface area contributed by atoms with Crippen molar-refractivity contribution in [3.8, 4) is 0 Å². The Morgan fingerprint density at radius 3 is 2.58 bits per heavy atom. The first-order valence-electron chi connectivity index (χ1n) is 8.06. The summed E-state index contributed by atoms with van der Waals surface area (Å²) in [5.74, 6) is -1.88. The number of carbonyl (C=O) groups is 3. The summed E-state index contributed by atoms with van der Waals surface area (Å²) in [4.78, 5) is 36.2. The predicted octanol–water partition coefficient (Wildman–Crippen LogP) is 3.65. The highest BCUT2D eigenvalue weighted by Gasteiger charge is 2.25. The maximum Gasteiger partial charge on any atom is 0.337 e. The standard InChI is InChI=1S/C19H16ClNO5/c20-13-6-7-15(14(10-13)19(24)25)21-18(23)12-4-1-3-11(9-12)17(22)16-5-2-8-26-16/h1,3-4,6-7,9-10,16H,2,5,8H2,(H,21,23)(H,24,25). The van der Waals surface area contributed by atoms with Crippen LogP contribution in [-0.2, 0) is 4.74 Å². The summed E-state index contributed by atoms with van der Waals surface area (Å²) < 4.78 is 5.39. The molecule has 2 aromatic carbocycles. The monoisotopic (exact) mass is 373 g/mol. The second kappa shape index (κ2) is 7.68. The summed E-state index contributed by atoms with van der Waals surface area (Å²) in [7, 11) is 0. The Bertz CT molecular complexity index is 874. The highest BCUT2D eigenvalue weighted by atomic mass is 35.5. The molecule has 0 bridgehead atoms. The van der Waals surface area contributed by atoms with Gasteiger partial charge in [0.25, 0.3) is 5.91 Å². The van der Waals surface area contributed by atoms with Gasteiger partial charge in [0, 0.05) is 22.8 Å². The summed E-state index contributed by atoms with van der Waals surface area (Å²) in [6, 6.07) is 10.4. The van der Waals surface area contributed by atoms with Gasteiger partial charge in [-0.25, -0.2) is 4.79 Å². The number of aromatic carboxylic acids is 1. The number of ether oxygens (including phenoxy) is 1. The number of nitrogens with one attached hydrogen (secondary N) is 1. The van der Waals surface area contributed by atoms with E-state index in [1.165, 1.54) is 24.3 Å². The first-order chi connectivity index (χ1) is 12.5. The fraction of sp³-hybridized carbons (Fsp3) is 0.211. The Kier molecular flexibility index (Phi) is 5.35. The molecule has 0 saturated carbocycles. The zero-order valence-corrected chi connectivity index (χ0v) is 14.5. The number of hydrogen-bond donors (Lipinski definition) is 2. The molecule has 2 aromatic rings. The number of halogens is 1. The molecule has 0 spiro atoms. The Labute approximate surface area is 154 Å². The molecule has 1 aliphatic rings. The number of carboxylic acid groups (broad SMARTS) is 1. The molecule has 0 radical (unpaired) electrons. The first-order valence-corrected chi connectivity index (χ1v) is 8.43. The van der Waals surface area contributed by atoms with Crippen LogP contribution in [0.4, 0.5) is 5.69 Å². The lowest BCUT2D eigenvalue weighted by atomic mass is 10.0. The van der Waals surface area contributed by atoms with Crippen LogP contribution in [0, 0.1) is 0 Å². The number of carboxylic acids is 1. The number of Topliss-reactive ketones (excluding diaryl/α,β-unsaturated/α-hetero) is 1. The van der Waals surface area contributed by atoms with Gasteiger partial charge in [-0.2, -0.15) is 0 Å². The van der Waals surface area contributed by atoms with Crippen LogP contribution in [0.15, 0.2) is 42.5 Å². The van der Waals surface area contributed by atoms with Gasteiger partial charge in [0.2, 0.25) is 0 Å². The van der Waals surface area contributed by atoms with Crippen molar-refractivity contribution in [1.82, 2.24) is 0 Å². The van der Waals surface area contributed by atoms with Crippen molar-refractivity contribution < 1.29 is 24.2 Å². The van der Waals surface area contributed by atoms with E-state index >= 15 is 0 Å². The van der Waals surface area contributed by atoms with E-state index in [9.17, 15) is 19.5 Å². The van der Waals surface area contributed by atoms with E-state index in [4.69, 9.17) is 16.3 Å². The number of anilines is 1. The van der Waals surface area contributed by atoms with E-state index < -0.39 is 18.0 Å². The van der Waals surface area contributed by atoms with Crippen molar-refractivity contribution in [1.29, 1.82) is 0 Å². The number of rotatable bonds is 5. The summed E-state index contributed by atoms with van der Waals surface area (Å²) >= 11 is 5.81. The molecule has 26 heavy (non-hydrogen) atoms. The number of hydrogen-bond acceptors (Lipinski definition) is 4. The molecule has 6 nitrogen and oxygen atoms in total. The van der Waals surface area contributed by atoms with Crippen LogP contribution >= 0.6 is 11.6 Å². The molecular weight excluding hydrogens is 358 g/mol. The zero-order chi connectivity index (χ0) is 18.7. The fourth-order valence-corrected chi connectivity index (χ4v) is 2.95. The SMILES string of the molecule is O=C(Nc1ccc(Cl)cc1C(=O)O)c1cccc(C(=O)C2CCCO2)c1. The van der Waals surface area contributed by atoms with Gasteiger partial charge in [-0.15, -0.1) is 0 Å². The maximum atomic E-state index is 12.5. The van der Waals surface area contributed by atoms with Gasteiger partial charge in [0.15, 0.2) is 5.78 Å². The summed E-state index contributed by atoms with van der Waals surface area (Å²) in [6.45, 7) is 0.561. The molecule has 1 aliphatic heterocycles. The molecule has 1 atom stereocenters. The van der Waals surface area contributed by atoms with E-state index in [1.54, 1.807) is 18.2 Å².